The lowest BCUT2D eigenvalue weighted by Crippen LogP contribution is -2.70. The Morgan fingerprint density at radius 3 is 2.23 bits per heavy atom. The van der Waals surface area contributed by atoms with Crippen LogP contribution in [-0.2, 0) is 0 Å². The first kappa shape index (κ1) is 19.5. The van der Waals surface area contributed by atoms with Gasteiger partial charge in [0.25, 0.3) is 11.8 Å². The van der Waals surface area contributed by atoms with Gasteiger partial charge in [-0.25, -0.2) is 4.39 Å². The molecule has 5 nitrogen and oxygen atoms in total. The molecule has 0 aliphatic carbocycles. The highest BCUT2D eigenvalue weighted by molar-refractivity contribution is 6.07. The molecule has 2 amide bonds. The summed E-state index contributed by atoms with van der Waals surface area (Å²) < 4.78 is 13.3. The first-order valence-electron chi connectivity index (χ1n) is 10.2. The second kappa shape index (κ2) is 7.63. The fraction of sp³-hybridized carbons (Fsp3) is 0.200. The van der Waals surface area contributed by atoms with Crippen molar-refractivity contribution in [2.45, 2.75) is 18.0 Å². The predicted octanol–water partition coefficient (Wildman–Crippen LogP) is 3.46. The number of likely N-dealkylation sites (tertiary alicyclic amines) is 1. The van der Waals surface area contributed by atoms with Crippen LogP contribution in [0, 0.1) is 5.82 Å². The molecule has 31 heavy (non-hydrogen) atoms. The van der Waals surface area contributed by atoms with E-state index in [9.17, 15) is 19.1 Å². The van der Waals surface area contributed by atoms with Crippen LogP contribution in [0.25, 0.3) is 0 Å². The molecule has 3 atom stereocenters. The minimum absolute atomic E-state index is 0.0499. The van der Waals surface area contributed by atoms with Crippen LogP contribution in [0.15, 0.2) is 78.9 Å². The number of aliphatic hydroxyl groups is 1. The SMILES string of the molecule is O=C(c1ccc(F)cc1)N1C[C@@H]2[C@H](c3ccccc31)[C@H](CO)N2C(=O)c1ccccc1. The molecular weight excluding hydrogens is 395 g/mol. The monoisotopic (exact) mass is 416 g/mol. The summed E-state index contributed by atoms with van der Waals surface area (Å²) in [4.78, 5) is 29.9. The van der Waals surface area contributed by atoms with Crippen molar-refractivity contribution in [1.29, 1.82) is 0 Å². The van der Waals surface area contributed by atoms with Gasteiger partial charge in [-0.05, 0) is 48.0 Å². The molecule has 0 radical (unpaired) electrons. The third kappa shape index (κ3) is 3.11. The number of hydrogen-bond donors (Lipinski definition) is 1. The molecule has 0 spiro atoms. The molecule has 1 N–H and O–H groups in total. The van der Waals surface area contributed by atoms with E-state index in [1.165, 1.54) is 24.3 Å². The lowest BCUT2D eigenvalue weighted by atomic mass is 9.71. The van der Waals surface area contributed by atoms with Crippen LogP contribution in [0.1, 0.15) is 32.2 Å². The van der Waals surface area contributed by atoms with Crippen LogP contribution in [0.5, 0.6) is 0 Å². The summed E-state index contributed by atoms with van der Waals surface area (Å²) in [5.74, 6) is -0.855. The van der Waals surface area contributed by atoms with Gasteiger partial charge in [-0.2, -0.15) is 0 Å². The predicted molar refractivity (Wildman–Crippen MR) is 115 cm³/mol. The molecule has 5 rings (SSSR count). The quantitative estimate of drug-likeness (QED) is 0.712. The van der Waals surface area contributed by atoms with Crippen molar-refractivity contribution in [2.75, 3.05) is 18.1 Å². The van der Waals surface area contributed by atoms with E-state index in [0.29, 0.717) is 17.7 Å². The van der Waals surface area contributed by atoms with Gasteiger partial charge in [0.05, 0.1) is 18.7 Å². The van der Waals surface area contributed by atoms with E-state index in [4.69, 9.17) is 0 Å². The molecule has 3 aromatic rings. The summed E-state index contributed by atoms with van der Waals surface area (Å²) in [6.45, 7) is 0.160. The van der Waals surface area contributed by atoms with Crippen molar-refractivity contribution in [3.63, 3.8) is 0 Å². The van der Waals surface area contributed by atoms with Gasteiger partial charge in [0, 0.05) is 29.3 Å². The zero-order chi connectivity index (χ0) is 21.5. The number of carbonyl (C=O) groups is 2. The fourth-order valence-corrected chi connectivity index (χ4v) is 4.84. The molecule has 2 heterocycles. The average Bonchev–Trinajstić information content (AvgIpc) is 2.80. The number of nitrogens with zero attached hydrogens (tertiary/aromatic N) is 2. The molecule has 0 saturated carbocycles. The van der Waals surface area contributed by atoms with Gasteiger partial charge in [0.15, 0.2) is 0 Å². The van der Waals surface area contributed by atoms with Crippen LogP contribution in [0.3, 0.4) is 0 Å². The van der Waals surface area contributed by atoms with Gasteiger partial charge in [-0.15, -0.1) is 0 Å². The number of para-hydroxylation sites is 1. The molecule has 3 aromatic carbocycles. The van der Waals surface area contributed by atoms with Crippen molar-refractivity contribution in [1.82, 2.24) is 4.90 Å². The topological polar surface area (TPSA) is 60.9 Å². The van der Waals surface area contributed by atoms with Gasteiger partial charge in [-0.3, -0.25) is 9.59 Å². The van der Waals surface area contributed by atoms with Gasteiger partial charge in [0.1, 0.15) is 5.82 Å². The highest BCUT2D eigenvalue weighted by atomic mass is 19.1. The molecule has 0 bridgehead atoms. The zero-order valence-electron chi connectivity index (χ0n) is 16.7. The van der Waals surface area contributed by atoms with E-state index in [-0.39, 0.29) is 36.4 Å². The number of aliphatic hydroxyl groups excluding tert-OH is 1. The molecule has 1 fully saturated rings. The van der Waals surface area contributed by atoms with Crippen LogP contribution in [-0.4, -0.2) is 47.1 Å². The van der Waals surface area contributed by atoms with Crippen LogP contribution in [0.2, 0.25) is 0 Å². The number of benzene rings is 3. The molecular formula is C25H21FN2O3. The molecule has 2 aliphatic heterocycles. The maximum absolute atomic E-state index is 13.3. The van der Waals surface area contributed by atoms with Gasteiger partial charge >= 0.3 is 0 Å². The van der Waals surface area contributed by atoms with Crippen molar-refractivity contribution in [3.8, 4) is 0 Å². The Labute approximate surface area is 179 Å². The van der Waals surface area contributed by atoms with Crippen LogP contribution >= 0.6 is 0 Å². The van der Waals surface area contributed by atoms with E-state index in [1.807, 2.05) is 30.3 Å². The first-order valence-corrected chi connectivity index (χ1v) is 10.2. The van der Waals surface area contributed by atoms with E-state index in [1.54, 1.807) is 34.1 Å². The second-order valence-electron chi connectivity index (χ2n) is 7.90. The summed E-state index contributed by atoms with van der Waals surface area (Å²) in [5, 5.41) is 10.1. The van der Waals surface area contributed by atoms with E-state index < -0.39 is 5.82 Å². The molecule has 0 unspecified atom stereocenters. The summed E-state index contributed by atoms with van der Waals surface area (Å²) in [6.07, 6.45) is 0. The normalized spacial score (nSPS) is 21.7. The number of halogens is 1. The lowest BCUT2D eigenvalue weighted by molar-refractivity contribution is -0.0246. The third-order valence-corrected chi connectivity index (χ3v) is 6.28. The molecule has 6 heteroatoms. The van der Waals surface area contributed by atoms with E-state index in [2.05, 4.69) is 0 Å². The summed E-state index contributed by atoms with van der Waals surface area (Å²) in [5.41, 5.74) is 2.64. The molecule has 156 valence electrons. The molecule has 2 aliphatic rings. The van der Waals surface area contributed by atoms with Gasteiger partial charge < -0.3 is 14.9 Å². The van der Waals surface area contributed by atoms with Gasteiger partial charge in [-0.1, -0.05) is 36.4 Å². The van der Waals surface area contributed by atoms with Crippen molar-refractivity contribution in [2.24, 2.45) is 0 Å². The Kier molecular flexibility index (Phi) is 4.79. The van der Waals surface area contributed by atoms with E-state index in [0.717, 1.165) is 11.3 Å². The zero-order valence-corrected chi connectivity index (χ0v) is 16.7. The van der Waals surface area contributed by atoms with Crippen molar-refractivity contribution in [3.05, 3.63) is 101 Å². The molecule has 0 aromatic heterocycles. The first-order chi connectivity index (χ1) is 15.1. The lowest BCUT2D eigenvalue weighted by Gasteiger charge is -2.58. The highest BCUT2D eigenvalue weighted by Gasteiger charge is 2.55. The number of hydrogen-bond acceptors (Lipinski definition) is 3. The number of anilines is 1. The summed E-state index contributed by atoms with van der Waals surface area (Å²) >= 11 is 0. The van der Waals surface area contributed by atoms with Crippen LogP contribution in [0.4, 0.5) is 10.1 Å². The highest BCUT2D eigenvalue weighted by Crippen LogP contribution is 2.48. The van der Waals surface area contributed by atoms with E-state index >= 15 is 0 Å². The average molecular weight is 416 g/mol. The number of carbonyl (C=O) groups excluding carboxylic acids is 2. The minimum Gasteiger partial charge on any atom is -0.394 e. The molecule has 1 saturated heterocycles. The third-order valence-electron chi connectivity index (χ3n) is 6.28. The van der Waals surface area contributed by atoms with Crippen LogP contribution < -0.4 is 4.90 Å². The Morgan fingerprint density at radius 1 is 0.871 bits per heavy atom. The summed E-state index contributed by atoms with van der Waals surface area (Å²) in [6, 6.07) is 21.4. The van der Waals surface area contributed by atoms with Crippen molar-refractivity contribution >= 4 is 17.5 Å². The Bertz CT molecular complexity index is 1130. The number of fused-ring (bicyclic) bond motifs is 3. The smallest absolute Gasteiger partial charge is 0.258 e. The number of amides is 2. The maximum atomic E-state index is 13.3. The largest absolute Gasteiger partial charge is 0.394 e. The number of rotatable bonds is 3. The fourth-order valence-electron chi connectivity index (χ4n) is 4.84. The van der Waals surface area contributed by atoms with Gasteiger partial charge in [0.2, 0.25) is 0 Å². The standard InChI is InChI=1S/C25H21FN2O3/c26-18-12-10-17(11-13-18)24(30)27-14-21-23(19-8-4-5-9-20(19)27)22(15-29)28(21)25(31)16-6-2-1-3-7-16/h1-13,21-23,29H,14-15H2/t21-,22+,23+/m1/s1. The second-order valence-corrected chi connectivity index (χ2v) is 7.90. The summed E-state index contributed by atoms with van der Waals surface area (Å²) in [7, 11) is 0. The maximum Gasteiger partial charge on any atom is 0.258 e. The minimum atomic E-state index is -0.403. The Hall–Kier alpha value is -3.51. The Morgan fingerprint density at radius 2 is 1.52 bits per heavy atom. The van der Waals surface area contributed by atoms with Crippen molar-refractivity contribution < 1.29 is 19.1 Å². The Balaban J connectivity index is 1.53.